The SMILES string of the molecule is CCNC1(C(=O)OC)CCCC(Sc2ccccc2)C1. The van der Waals surface area contributed by atoms with Crippen LogP contribution >= 0.6 is 11.8 Å². The monoisotopic (exact) mass is 293 g/mol. The van der Waals surface area contributed by atoms with E-state index in [4.69, 9.17) is 4.74 Å². The normalized spacial score (nSPS) is 26.2. The molecular weight excluding hydrogens is 270 g/mol. The van der Waals surface area contributed by atoms with Crippen LogP contribution in [0, 0.1) is 0 Å². The van der Waals surface area contributed by atoms with Gasteiger partial charge in [0.25, 0.3) is 0 Å². The first-order valence-corrected chi connectivity index (χ1v) is 8.13. The highest BCUT2D eigenvalue weighted by atomic mass is 32.2. The summed E-state index contributed by atoms with van der Waals surface area (Å²) in [7, 11) is 1.48. The minimum absolute atomic E-state index is 0.113. The Balaban J connectivity index is 2.07. The van der Waals surface area contributed by atoms with Crippen molar-refractivity contribution in [3.63, 3.8) is 0 Å². The zero-order valence-corrected chi connectivity index (χ0v) is 13.0. The van der Waals surface area contributed by atoms with E-state index in [1.54, 1.807) is 0 Å². The van der Waals surface area contributed by atoms with Crippen molar-refractivity contribution in [1.82, 2.24) is 5.32 Å². The lowest BCUT2D eigenvalue weighted by Crippen LogP contribution is -2.55. The van der Waals surface area contributed by atoms with Crippen LogP contribution in [0.1, 0.15) is 32.6 Å². The predicted molar refractivity (Wildman–Crippen MR) is 83.0 cm³/mol. The molecule has 1 aromatic rings. The Labute approximate surface area is 125 Å². The molecule has 0 aromatic heterocycles. The summed E-state index contributed by atoms with van der Waals surface area (Å²) < 4.78 is 5.03. The number of carbonyl (C=O) groups is 1. The van der Waals surface area contributed by atoms with E-state index in [1.807, 2.05) is 24.8 Å². The zero-order valence-electron chi connectivity index (χ0n) is 12.2. The van der Waals surface area contributed by atoms with Crippen LogP contribution < -0.4 is 5.32 Å². The van der Waals surface area contributed by atoms with Gasteiger partial charge in [0.05, 0.1) is 7.11 Å². The molecule has 4 heteroatoms. The van der Waals surface area contributed by atoms with Gasteiger partial charge in [-0.2, -0.15) is 0 Å². The van der Waals surface area contributed by atoms with Gasteiger partial charge in [-0.05, 0) is 44.4 Å². The maximum absolute atomic E-state index is 12.2. The molecule has 2 unspecified atom stereocenters. The lowest BCUT2D eigenvalue weighted by atomic mass is 9.81. The number of rotatable bonds is 5. The molecule has 0 amide bonds. The molecule has 1 N–H and O–H groups in total. The first-order chi connectivity index (χ1) is 9.70. The number of benzene rings is 1. The minimum Gasteiger partial charge on any atom is -0.468 e. The predicted octanol–water partition coefficient (Wildman–Crippen LogP) is 3.24. The van der Waals surface area contributed by atoms with Crippen LogP contribution in [0.3, 0.4) is 0 Å². The van der Waals surface area contributed by atoms with Crippen molar-refractivity contribution in [1.29, 1.82) is 0 Å². The van der Waals surface area contributed by atoms with Crippen molar-refractivity contribution in [2.75, 3.05) is 13.7 Å². The number of hydrogen-bond acceptors (Lipinski definition) is 4. The number of nitrogens with one attached hydrogen (secondary N) is 1. The van der Waals surface area contributed by atoms with Crippen LogP contribution in [0.2, 0.25) is 0 Å². The molecule has 1 aliphatic rings. The van der Waals surface area contributed by atoms with Gasteiger partial charge in [-0.25, -0.2) is 0 Å². The van der Waals surface area contributed by atoms with E-state index in [0.29, 0.717) is 5.25 Å². The second kappa shape index (κ2) is 7.14. The quantitative estimate of drug-likeness (QED) is 0.846. The molecule has 1 fully saturated rings. The van der Waals surface area contributed by atoms with Gasteiger partial charge in [0.15, 0.2) is 0 Å². The molecule has 0 radical (unpaired) electrons. The van der Waals surface area contributed by atoms with Gasteiger partial charge in [0.2, 0.25) is 0 Å². The first-order valence-electron chi connectivity index (χ1n) is 7.25. The van der Waals surface area contributed by atoms with E-state index in [-0.39, 0.29) is 5.97 Å². The molecule has 0 heterocycles. The fourth-order valence-electron chi connectivity index (χ4n) is 2.97. The second-order valence-electron chi connectivity index (χ2n) is 5.25. The minimum atomic E-state index is -0.492. The van der Waals surface area contributed by atoms with E-state index in [1.165, 1.54) is 12.0 Å². The molecule has 0 spiro atoms. The van der Waals surface area contributed by atoms with Crippen molar-refractivity contribution in [2.45, 2.75) is 48.3 Å². The second-order valence-corrected chi connectivity index (χ2v) is 6.63. The zero-order chi connectivity index (χ0) is 14.4. The number of methoxy groups -OCH3 is 1. The summed E-state index contributed by atoms with van der Waals surface area (Å²) in [6.45, 7) is 2.83. The Morgan fingerprint density at radius 2 is 2.20 bits per heavy atom. The average Bonchev–Trinajstić information content (AvgIpc) is 2.48. The van der Waals surface area contributed by atoms with E-state index >= 15 is 0 Å². The molecule has 0 saturated heterocycles. The third-order valence-electron chi connectivity index (χ3n) is 3.84. The molecular formula is C16H23NO2S. The fourth-order valence-corrected chi connectivity index (χ4v) is 4.32. The Morgan fingerprint density at radius 1 is 1.45 bits per heavy atom. The summed E-state index contributed by atoms with van der Waals surface area (Å²) >= 11 is 1.87. The Morgan fingerprint density at radius 3 is 2.85 bits per heavy atom. The van der Waals surface area contributed by atoms with E-state index in [9.17, 15) is 4.79 Å². The summed E-state index contributed by atoms with van der Waals surface area (Å²) in [5.74, 6) is -0.113. The van der Waals surface area contributed by atoms with Crippen LogP contribution in [0.15, 0.2) is 35.2 Å². The lowest BCUT2D eigenvalue weighted by molar-refractivity contribution is -0.150. The van der Waals surface area contributed by atoms with Crippen molar-refractivity contribution in [3.05, 3.63) is 30.3 Å². The number of hydrogen-bond donors (Lipinski definition) is 1. The first kappa shape index (κ1) is 15.4. The lowest BCUT2D eigenvalue weighted by Gasteiger charge is -2.38. The van der Waals surface area contributed by atoms with Crippen LogP contribution in [0.5, 0.6) is 0 Å². The summed E-state index contributed by atoms with van der Waals surface area (Å²) in [4.78, 5) is 13.5. The van der Waals surface area contributed by atoms with E-state index < -0.39 is 5.54 Å². The van der Waals surface area contributed by atoms with Gasteiger partial charge in [-0.3, -0.25) is 4.79 Å². The van der Waals surface area contributed by atoms with Gasteiger partial charge in [0, 0.05) is 10.1 Å². The maximum atomic E-state index is 12.2. The Kier molecular flexibility index (Phi) is 5.49. The van der Waals surface area contributed by atoms with Crippen LogP contribution in [0.25, 0.3) is 0 Å². The molecule has 1 aromatic carbocycles. The van der Waals surface area contributed by atoms with Crippen LogP contribution in [0.4, 0.5) is 0 Å². The topological polar surface area (TPSA) is 38.3 Å². The molecule has 2 rings (SSSR count). The van der Waals surface area contributed by atoms with Gasteiger partial charge >= 0.3 is 5.97 Å². The molecule has 110 valence electrons. The third kappa shape index (κ3) is 3.55. The van der Waals surface area contributed by atoms with Crippen molar-refractivity contribution >= 4 is 17.7 Å². The maximum Gasteiger partial charge on any atom is 0.326 e. The van der Waals surface area contributed by atoms with E-state index in [2.05, 4.69) is 29.6 Å². The molecule has 3 nitrogen and oxygen atoms in total. The fraction of sp³-hybridized carbons (Fsp3) is 0.562. The largest absolute Gasteiger partial charge is 0.468 e. The average molecular weight is 293 g/mol. The highest BCUT2D eigenvalue weighted by Gasteiger charge is 2.43. The number of thioether (sulfide) groups is 1. The summed E-state index contributed by atoms with van der Waals surface area (Å²) in [6.07, 6.45) is 3.93. The molecule has 0 bridgehead atoms. The molecule has 20 heavy (non-hydrogen) atoms. The van der Waals surface area contributed by atoms with Gasteiger partial charge in [0.1, 0.15) is 5.54 Å². The number of esters is 1. The Hall–Kier alpha value is -1.00. The van der Waals surface area contributed by atoms with Crippen LogP contribution in [-0.2, 0) is 9.53 Å². The summed E-state index contributed by atoms with van der Waals surface area (Å²) in [6, 6.07) is 10.4. The standard InChI is InChI=1S/C16H23NO2S/c1-3-17-16(15(18)19-2)11-7-10-14(12-16)20-13-8-5-4-6-9-13/h4-6,8-9,14,17H,3,7,10-12H2,1-2H3. The van der Waals surface area contributed by atoms with Gasteiger partial charge in [-0.15, -0.1) is 11.8 Å². The number of carbonyl (C=O) groups excluding carboxylic acids is 1. The molecule has 1 aliphatic carbocycles. The van der Waals surface area contributed by atoms with Crippen LogP contribution in [-0.4, -0.2) is 30.4 Å². The third-order valence-corrected chi connectivity index (χ3v) is 5.12. The summed E-state index contributed by atoms with van der Waals surface area (Å²) in [5, 5.41) is 3.84. The molecule has 2 atom stereocenters. The van der Waals surface area contributed by atoms with Crippen molar-refractivity contribution < 1.29 is 9.53 Å². The van der Waals surface area contributed by atoms with Crippen molar-refractivity contribution in [2.24, 2.45) is 0 Å². The van der Waals surface area contributed by atoms with Crippen molar-refractivity contribution in [3.8, 4) is 0 Å². The van der Waals surface area contributed by atoms with E-state index in [0.717, 1.165) is 32.2 Å². The number of ether oxygens (including phenoxy) is 1. The summed E-state index contributed by atoms with van der Waals surface area (Å²) in [5.41, 5.74) is -0.492. The molecule has 0 aliphatic heterocycles. The smallest absolute Gasteiger partial charge is 0.326 e. The Bertz CT molecular complexity index is 433. The molecule has 1 saturated carbocycles. The highest BCUT2D eigenvalue weighted by Crippen LogP contribution is 2.38. The van der Waals surface area contributed by atoms with Gasteiger partial charge < -0.3 is 10.1 Å². The highest BCUT2D eigenvalue weighted by molar-refractivity contribution is 8.00. The van der Waals surface area contributed by atoms with Gasteiger partial charge in [-0.1, -0.05) is 25.1 Å². The number of likely N-dealkylation sites (N-methyl/N-ethyl adjacent to an activating group) is 1.